The van der Waals surface area contributed by atoms with Gasteiger partial charge in [0.1, 0.15) is 17.2 Å². The quantitative estimate of drug-likeness (QED) is 0.645. The molecule has 162 valence electrons. The van der Waals surface area contributed by atoms with Gasteiger partial charge in [-0.25, -0.2) is 14.2 Å². The summed E-state index contributed by atoms with van der Waals surface area (Å²) in [5, 5.41) is 2.95. The molecule has 0 bridgehead atoms. The molecule has 0 spiro atoms. The van der Waals surface area contributed by atoms with Gasteiger partial charge in [0.05, 0.1) is 10.2 Å². The van der Waals surface area contributed by atoms with E-state index in [0.29, 0.717) is 23.4 Å². The van der Waals surface area contributed by atoms with Crippen molar-refractivity contribution in [1.29, 1.82) is 0 Å². The van der Waals surface area contributed by atoms with E-state index in [4.69, 9.17) is 10.5 Å². The topological polar surface area (TPSA) is 80.5 Å². The van der Waals surface area contributed by atoms with Crippen LogP contribution in [0.4, 0.5) is 20.7 Å². The summed E-state index contributed by atoms with van der Waals surface area (Å²) in [6, 6.07) is 4.97. The molecular formula is C22H28BrFN4O2. The average molecular weight is 479 g/mol. The van der Waals surface area contributed by atoms with E-state index < -0.39 is 11.7 Å². The Balaban J connectivity index is 1.80. The molecule has 1 aromatic heterocycles. The summed E-state index contributed by atoms with van der Waals surface area (Å²) in [4.78, 5) is 18.5. The van der Waals surface area contributed by atoms with Crippen LogP contribution in [-0.4, -0.2) is 35.8 Å². The number of halogens is 2. The number of nitrogens with zero attached hydrogens (tertiary/aromatic N) is 2. The van der Waals surface area contributed by atoms with Gasteiger partial charge in [-0.2, -0.15) is 0 Å². The number of pyridine rings is 1. The molecule has 3 rings (SSSR count). The van der Waals surface area contributed by atoms with Crippen molar-refractivity contribution in [2.75, 3.05) is 23.7 Å². The Labute approximate surface area is 185 Å². The highest BCUT2D eigenvalue weighted by Crippen LogP contribution is 2.40. The van der Waals surface area contributed by atoms with Crippen molar-refractivity contribution >= 4 is 33.5 Å². The zero-order chi connectivity index (χ0) is 22.1. The number of hydrogen-bond acceptors (Lipinski definition) is 5. The molecule has 0 saturated carbocycles. The van der Waals surface area contributed by atoms with Gasteiger partial charge in [-0.3, -0.25) is 0 Å². The number of rotatable bonds is 3. The fourth-order valence-corrected chi connectivity index (χ4v) is 4.19. The SMILES string of the molecule is Cc1cc(F)cc(-c2cnc(N)c(Br)c2N2CCC(NC(=O)OC(C)(C)C)CC2)c1. The first-order valence-corrected chi connectivity index (χ1v) is 10.8. The highest BCUT2D eigenvalue weighted by molar-refractivity contribution is 9.10. The van der Waals surface area contributed by atoms with Crippen LogP contribution in [-0.2, 0) is 4.74 Å². The number of hydrogen-bond donors (Lipinski definition) is 2. The highest BCUT2D eigenvalue weighted by Gasteiger charge is 2.27. The van der Waals surface area contributed by atoms with E-state index in [1.807, 2.05) is 33.8 Å². The second-order valence-corrected chi connectivity index (χ2v) is 9.44. The van der Waals surface area contributed by atoms with E-state index in [0.717, 1.165) is 35.2 Å². The lowest BCUT2D eigenvalue weighted by Crippen LogP contribution is -2.46. The van der Waals surface area contributed by atoms with Crippen molar-refractivity contribution in [1.82, 2.24) is 10.3 Å². The van der Waals surface area contributed by atoms with Gasteiger partial charge in [0, 0.05) is 30.9 Å². The van der Waals surface area contributed by atoms with Crippen molar-refractivity contribution in [2.45, 2.75) is 52.2 Å². The lowest BCUT2D eigenvalue weighted by Gasteiger charge is -2.36. The van der Waals surface area contributed by atoms with E-state index in [1.54, 1.807) is 6.20 Å². The first kappa shape index (κ1) is 22.3. The van der Waals surface area contributed by atoms with Crippen LogP contribution in [0, 0.1) is 12.7 Å². The first-order valence-electron chi connectivity index (χ1n) is 9.99. The van der Waals surface area contributed by atoms with E-state index in [9.17, 15) is 9.18 Å². The third-order valence-electron chi connectivity index (χ3n) is 4.91. The van der Waals surface area contributed by atoms with Crippen molar-refractivity contribution in [2.24, 2.45) is 0 Å². The zero-order valence-corrected chi connectivity index (χ0v) is 19.3. The third kappa shape index (κ3) is 5.41. The molecule has 1 aliphatic rings. The van der Waals surface area contributed by atoms with E-state index in [2.05, 4.69) is 31.1 Å². The van der Waals surface area contributed by atoms with Crippen LogP contribution < -0.4 is 16.0 Å². The molecule has 1 fully saturated rings. The van der Waals surface area contributed by atoms with Crippen molar-refractivity contribution < 1.29 is 13.9 Å². The van der Waals surface area contributed by atoms with Gasteiger partial charge < -0.3 is 20.7 Å². The number of anilines is 2. The summed E-state index contributed by atoms with van der Waals surface area (Å²) in [5.41, 5.74) is 8.83. The van der Waals surface area contributed by atoms with Crippen LogP contribution in [0.1, 0.15) is 39.2 Å². The average Bonchev–Trinajstić information content (AvgIpc) is 2.62. The minimum absolute atomic E-state index is 0.0360. The second-order valence-electron chi connectivity index (χ2n) is 8.64. The number of nitrogens with two attached hydrogens (primary N) is 1. The maximum atomic E-state index is 14.0. The number of benzene rings is 1. The Bertz CT molecular complexity index is 917. The smallest absolute Gasteiger partial charge is 0.407 e. The third-order valence-corrected chi connectivity index (χ3v) is 5.69. The Hall–Kier alpha value is -2.35. The molecule has 2 heterocycles. The van der Waals surface area contributed by atoms with Gasteiger partial charge in [0.15, 0.2) is 0 Å². The molecule has 0 atom stereocenters. The molecule has 3 N–H and O–H groups in total. The molecular weight excluding hydrogens is 451 g/mol. The number of carbonyl (C=O) groups is 1. The predicted molar refractivity (Wildman–Crippen MR) is 121 cm³/mol. The minimum atomic E-state index is -0.526. The molecule has 6 nitrogen and oxygen atoms in total. The maximum absolute atomic E-state index is 14.0. The van der Waals surface area contributed by atoms with Crippen molar-refractivity contribution in [3.05, 3.63) is 40.2 Å². The molecule has 30 heavy (non-hydrogen) atoms. The van der Waals surface area contributed by atoms with E-state index in [1.165, 1.54) is 12.1 Å². The summed E-state index contributed by atoms with van der Waals surface area (Å²) in [6.07, 6.45) is 2.81. The lowest BCUT2D eigenvalue weighted by molar-refractivity contribution is 0.0497. The van der Waals surface area contributed by atoms with Gasteiger partial charge in [-0.05, 0) is 79.7 Å². The molecule has 1 saturated heterocycles. The standard InChI is InChI=1S/C22H28BrFN4O2/c1-13-9-14(11-15(24)10-13)17-12-26-20(25)18(23)19(17)28-7-5-16(6-8-28)27-21(29)30-22(2,3)4/h9-12,16H,5-8H2,1-4H3,(H2,25,26)(H,27,29). The molecule has 1 aromatic carbocycles. The molecule has 8 heteroatoms. The van der Waals surface area contributed by atoms with Crippen LogP contribution in [0.15, 0.2) is 28.9 Å². The number of amides is 1. The molecule has 0 unspecified atom stereocenters. The van der Waals surface area contributed by atoms with Crippen LogP contribution >= 0.6 is 15.9 Å². The fraction of sp³-hybridized carbons (Fsp3) is 0.455. The Morgan fingerprint density at radius 1 is 1.30 bits per heavy atom. The Morgan fingerprint density at radius 2 is 1.97 bits per heavy atom. The summed E-state index contributed by atoms with van der Waals surface area (Å²) in [6.45, 7) is 8.82. The normalized spacial score (nSPS) is 15.2. The predicted octanol–water partition coefficient (Wildman–Crippen LogP) is 5.03. The number of alkyl carbamates (subject to hydrolysis) is 1. The monoisotopic (exact) mass is 478 g/mol. The summed E-state index contributed by atoms with van der Waals surface area (Å²) < 4.78 is 20.1. The molecule has 0 aliphatic carbocycles. The number of aromatic nitrogens is 1. The first-order chi connectivity index (χ1) is 14.0. The second kappa shape index (κ2) is 8.79. The van der Waals surface area contributed by atoms with Gasteiger partial charge in [-0.15, -0.1) is 0 Å². The number of nitrogens with one attached hydrogen (secondary N) is 1. The van der Waals surface area contributed by atoms with Crippen LogP contribution in [0.5, 0.6) is 0 Å². The molecule has 1 aliphatic heterocycles. The summed E-state index contributed by atoms with van der Waals surface area (Å²) >= 11 is 3.58. The number of carbonyl (C=O) groups excluding carboxylic acids is 1. The van der Waals surface area contributed by atoms with Crippen LogP contribution in [0.2, 0.25) is 0 Å². The minimum Gasteiger partial charge on any atom is -0.444 e. The zero-order valence-electron chi connectivity index (χ0n) is 17.8. The number of nitrogen functional groups attached to an aromatic ring is 1. The van der Waals surface area contributed by atoms with Crippen LogP contribution in [0.25, 0.3) is 11.1 Å². The van der Waals surface area contributed by atoms with Crippen LogP contribution in [0.3, 0.4) is 0 Å². The highest BCUT2D eigenvalue weighted by atomic mass is 79.9. The van der Waals surface area contributed by atoms with Gasteiger partial charge in [0.25, 0.3) is 0 Å². The molecule has 2 aromatic rings. The Kier molecular flexibility index (Phi) is 6.55. The van der Waals surface area contributed by atoms with Crippen molar-refractivity contribution in [3.63, 3.8) is 0 Å². The van der Waals surface area contributed by atoms with E-state index >= 15 is 0 Å². The number of aryl methyl sites for hydroxylation is 1. The number of ether oxygens (including phenoxy) is 1. The van der Waals surface area contributed by atoms with Crippen molar-refractivity contribution in [3.8, 4) is 11.1 Å². The number of piperidine rings is 1. The van der Waals surface area contributed by atoms with E-state index in [-0.39, 0.29) is 11.9 Å². The van der Waals surface area contributed by atoms with Gasteiger partial charge in [-0.1, -0.05) is 6.07 Å². The maximum Gasteiger partial charge on any atom is 0.407 e. The molecule has 0 radical (unpaired) electrons. The lowest BCUT2D eigenvalue weighted by atomic mass is 9.99. The largest absolute Gasteiger partial charge is 0.444 e. The fourth-order valence-electron chi connectivity index (χ4n) is 3.63. The van der Waals surface area contributed by atoms with Gasteiger partial charge in [0.2, 0.25) is 0 Å². The van der Waals surface area contributed by atoms with Gasteiger partial charge >= 0.3 is 6.09 Å². The Morgan fingerprint density at radius 3 is 2.57 bits per heavy atom. The summed E-state index contributed by atoms with van der Waals surface area (Å²) in [5.74, 6) is 0.0973. The molecule has 1 amide bonds. The summed E-state index contributed by atoms with van der Waals surface area (Å²) in [7, 11) is 0.